The van der Waals surface area contributed by atoms with E-state index in [9.17, 15) is 13.2 Å². The zero-order valence-corrected chi connectivity index (χ0v) is 19.2. The number of rotatable bonds is 6. The molecule has 9 heteroatoms. The number of piperidine rings is 1. The molecule has 3 rings (SSSR count). The van der Waals surface area contributed by atoms with E-state index >= 15 is 0 Å². The van der Waals surface area contributed by atoms with Gasteiger partial charge in [0.1, 0.15) is 11.8 Å². The topological polar surface area (TPSA) is 84.9 Å². The van der Waals surface area contributed by atoms with Crippen molar-refractivity contribution >= 4 is 50.0 Å². The molecule has 0 saturated carbocycles. The standard InChI is InChI=1S/C20H23IN2O5S/c1-27-19-11-8-15(13-17(19)21)22-14-6-9-16(10-7-14)29(25,26)23-12-4-3-5-18(23)20(24)28-2/h6-11,13,18,22H,3-5,12H2,1-2H3. The number of esters is 1. The smallest absolute Gasteiger partial charge is 0.324 e. The summed E-state index contributed by atoms with van der Waals surface area (Å²) in [5.74, 6) is 0.278. The maximum atomic E-state index is 13.1. The van der Waals surface area contributed by atoms with Crippen LogP contribution in [0.5, 0.6) is 5.75 Å². The lowest BCUT2D eigenvalue weighted by atomic mass is 10.1. The Labute approximate surface area is 184 Å². The van der Waals surface area contributed by atoms with Crippen molar-refractivity contribution in [3.05, 3.63) is 46.0 Å². The van der Waals surface area contributed by atoms with Crippen LogP contribution in [0.1, 0.15) is 19.3 Å². The number of halogens is 1. The largest absolute Gasteiger partial charge is 0.496 e. The second-order valence-corrected chi connectivity index (χ2v) is 9.70. The van der Waals surface area contributed by atoms with Gasteiger partial charge in [0.2, 0.25) is 10.0 Å². The van der Waals surface area contributed by atoms with E-state index in [1.165, 1.54) is 11.4 Å². The number of ether oxygens (including phenoxy) is 2. The van der Waals surface area contributed by atoms with E-state index in [4.69, 9.17) is 9.47 Å². The Balaban J connectivity index is 1.79. The van der Waals surface area contributed by atoms with Crippen molar-refractivity contribution < 1.29 is 22.7 Å². The van der Waals surface area contributed by atoms with E-state index in [-0.39, 0.29) is 4.90 Å². The number of hydrogen-bond acceptors (Lipinski definition) is 6. The van der Waals surface area contributed by atoms with Crippen LogP contribution in [0.15, 0.2) is 47.4 Å². The highest BCUT2D eigenvalue weighted by atomic mass is 127. The van der Waals surface area contributed by atoms with Crippen molar-refractivity contribution in [2.75, 3.05) is 26.1 Å². The molecule has 1 atom stereocenters. The van der Waals surface area contributed by atoms with Crippen LogP contribution in [0.2, 0.25) is 0 Å². The Hall–Kier alpha value is -1.85. The fourth-order valence-electron chi connectivity index (χ4n) is 3.32. The van der Waals surface area contributed by atoms with Gasteiger partial charge < -0.3 is 14.8 Å². The van der Waals surface area contributed by atoms with Crippen LogP contribution in [-0.2, 0) is 19.6 Å². The van der Waals surface area contributed by atoms with Crippen molar-refractivity contribution in [2.24, 2.45) is 0 Å². The lowest BCUT2D eigenvalue weighted by molar-refractivity contribution is -0.146. The van der Waals surface area contributed by atoms with E-state index in [2.05, 4.69) is 27.9 Å². The summed E-state index contributed by atoms with van der Waals surface area (Å²) in [6.45, 7) is 0.312. The maximum absolute atomic E-state index is 13.1. The lowest BCUT2D eigenvalue weighted by Crippen LogP contribution is -2.48. The average Bonchev–Trinajstić information content (AvgIpc) is 2.73. The van der Waals surface area contributed by atoms with Gasteiger partial charge in [-0.1, -0.05) is 0 Å². The zero-order valence-electron chi connectivity index (χ0n) is 16.2. The van der Waals surface area contributed by atoms with Gasteiger partial charge in [-0.2, -0.15) is 4.31 Å². The third-order valence-electron chi connectivity index (χ3n) is 4.83. The number of carbonyl (C=O) groups is 1. The minimum absolute atomic E-state index is 0.156. The molecule has 0 amide bonds. The van der Waals surface area contributed by atoms with Crippen LogP contribution < -0.4 is 10.1 Å². The molecule has 29 heavy (non-hydrogen) atoms. The summed E-state index contributed by atoms with van der Waals surface area (Å²) >= 11 is 2.19. The lowest BCUT2D eigenvalue weighted by Gasteiger charge is -2.32. The maximum Gasteiger partial charge on any atom is 0.324 e. The van der Waals surface area contributed by atoms with Gasteiger partial charge >= 0.3 is 5.97 Å². The first kappa shape index (κ1) is 21.8. The van der Waals surface area contributed by atoms with Crippen molar-refractivity contribution in [3.8, 4) is 5.75 Å². The molecule has 1 aliphatic rings. The van der Waals surface area contributed by atoms with Gasteiger partial charge in [-0.05, 0) is 84.3 Å². The van der Waals surface area contributed by atoms with E-state index < -0.39 is 22.0 Å². The summed E-state index contributed by atoms with van der Waals surface area (Å²) < 4.78 is 38.5. The van der Waals surface area contributed by atoms with Gasteiger partial charge in [-0.3, -0.25) is 4.79 Å². The number of hydrogen-bond donors (Lipinski definition) is 1. The van der Waals surface area contributed by atoms with Gasteiger partial charge in [0.15, 0.2) is 0 Å². The Morgan fingerprint density at radius 2 is 1.79 bits per heavy atom. The first-order valence-electron chi connectivity index (χ1n) is 9.17. The predicted molar refractivity (Wildman–Crippen MR) is 119 cm³/mol. The minimum atomic E-state index is -3.78. The van der Waals surface area contributed by atoms with E-state index in [0.717, 1.165) is 33.5 Å². The molecule has 0 bridgehead atoms. The molecule has 1 heterocycles. The fourth-order valence-corrected chi connectivity index (χ4v) is 5.70. The molecule has 0 spiro atoms. The summed E-state index contributed by atoms with van der Waals surface area (Å²) in [5, 5.41) is 3.25. The third-order valence-corrected chi connectivity index (χ3v) is 7.59. The number of nitrogens with one attached hydrogen (secondary N) is 1. The van der Waals surface area contributed by atoms with Crippen LogP contribution in [0.4, 0.5) is 11.4 Å². The molecule has 1 unspecified atom stereocenters. The number of nitrogens with zero attached hydrogens (tertiary/aromatic N) is 1. The molecule has 1 N–H and O–H groups in total. The molecule has 1 fully saturated rings. The number of anilines is 2. The van der Waals surface area contributed by atoms with Gasteiger partial charge in [0, 0.05) is 17.9 Å². The van der Waals surface area contributed by atoms with Crippen LogP contribution in [0, 0.1) is 3.57 Å². The molecule has 156 valence electrons. The van der Waals surface area contributed by atoms with Crippen LogP contribution in [0.25, 0.3) is 0 Å². The normalized spacial score (nSPS) is 17.6. The Morgan fingerprint density at radius 1 is 1.10 bits per heavy atom. The van der Waals surface area contributed by atoms with E-state index in [1.54, 1.807) is 31.4 Å². The predicted octanol–water partition coefficient (Wildman–Crippen LogP) is 3.76. The summed E-state index contributed by atoms with van der Waals surface area (Å²) in [7, 11) is -0.882. The highest BCUT2D eigenvalue weighted by molar-refractivity contribution is 14.1. The zero-order chi connectivity index (χ0) is 21.0. The average molecular weight is 530 g/mol. The molecule has 7 nitrogen and oxygen atoms in total. The van der Waals surface area contributed by atoms with Crippen molar-refractivity contribution in [1.29, 1.82) is 0 Å². The van der Waals surface area contributed by atoms with Gasteiger partial charge in [0.25, 0.3) is 0 Å². The van der Waals surface area contributed by atoms with Crippen LogP contribution in [-0.4, -0.2) is 45.5 Å². The quantitative estimate of drug-likeness (QED) is 0.453. The Bertz CT molecular complexity index is 979. The summed E-state index contributed by atoms with van der Waals surface area (Å²) in [5.41, 5.74) is 1.63. The summed E-state index contributed by atoms with van der Waals surface area (Å²) in [4.78, 5) is 12.2. The van der Waals surface area contributed by atoms with Crippen LogP contribution in [0.3, 0.4) is 0 Å². The van der Waals surface area contributed by atoms with Crippen LogP contribution >= 0.6 is 22.6 Å². The monoisotopic (exact) mass is 530 g/mol. The molecule has 0 aliphatic carbocycles. The fraction of sp³-hybridized carbons (Fsp3) is 0.350. The first-order valence-corrected chi connectivity index (χ1v) is 11.7. The SMILES string of the molecule is COC(=O)C1CCCCN1S(=O)(=O)c1ccc(Nc2ccc(OC)c(I)c2)cc1. The number of sulfonamides is 1. The van der Waals surface area contributed by atoms with Gasteiger partial charge in [0.05, 0.1) is 22.7 Å². The molecule has 0 radical (unpaired) electrons. The molecule has 2 aromatic carbocycles. The van der Waals surface area contributed by atoms with Gasteiger partial charge in [-0.15, -0.1) is 0 Å². The van der Waals surface area contributed by atoms with E-state index in [1.807, 2.05) is 18.2 Å². The van der Waals surface area contributed by atoms with Crippen molar-refractivity contribution in [3.63, 3.8) is 0 Å². The molecule has 0 aromatic heterocycles. The molecular formula is C20H23IN2O5S. The van der Waals surface area contributed by atoms with Crippen molar-refractivity contribution in [2.45, 2.75) is 30.2 Å². The molecule has 2 aromatic rings. The van der Waals surface area contributed by atoms with Crippen molar-refractivity contribution in [1.82, 2.24) is 4.31 Å². The number of methoxy groups -OCH3 is 2. The third kappa shape index (κ3) is 4.84. The van der Waals surface area contributed by atoms with Gasteiger partial charge in [-0.25, -0.2) is 8.42 Å². The Kier molecular flexibility index (Phi) is 7.01. The number of carbonyl (C=O) groups excluding carboxylic acids is 1. The van der Waals surface area contributed by atoms with E-state index in [0.29, 0.717) is 13.0 Å². The second-order valence-electron chi connectivity index (χ2n) is 6.65. The Morgan fingerprint density at radius 3 is 2.41 bits per heavy atom. The molecular weight excluding hydrogens is 507 g/mol. The summed E-state index contributed by atoms with van der Waals surface area (Å²) in [6.07, 6.45) is 2.00. The second kappa shape index (κ2) is 9.31. The number of benzene rings is 2. The minimum Gasteiger partial charge on any atom is -0.496 e. The summed E-state index contributed by atoms with van der Waals surface area (Å²) in [6, 6.07) is 11.5. The molecule has 1 saturated heterocycles. The highest BCUT2D eigenvalue weighted by Crippen LogP contribution is 2.29. The molecule has 1 aliphatic heterocycles. The first-order chi connectivity index (χ1) is 13.9. The highest BCUT2D eigenvalue weighted by Gasteiger charge is 2.38.